The summed E-state index contributed by atoms with van der Waals surface area (Å²) in [6, 6.07) is -0.333. The Morgan fingerprint density at radius 2 is 2.00 bits per heavy atom. The summed E-state index contributed by atoms with van der Waals surface area (Å²) in [5.41, 5.74) is 0. The fourth-order valence-corrected chi connectivity index (χ4v) is 2.47. The first-order valence-corrected chi connectivity index (χ1v) is 8.05. The van der Waals surface area contributed by atoms with Gasteiger partial charge in [-0.05, 0) is 0 Å². The van der Waals surface area contributed by atoms with E-state index < -0.39 is 21.7 Å². The second kappa shape index (κ2) is 6.23. The molecule has 8 heteroatoms. The van der Waals surface area contributed by atoms with Gasteiger partial charge in [0.05, 0.1) is 11.7 Å². The van der Waals surface area contributed by atoms with Crippen LogP contribution in [0.2, 0.25) is 0 Å². The van der Waals surface area contributed by atoms with Gasteiger partial charge in [-0.15, -0.1) is 0 Å². The molecule has 1 aliphatic heterocycles. The van der Waals surface area contributed by atoms with Crippen molar-refractivity contribution in [2.75, 3.05) is 31.1 Å². The van der Waals surface area contributed by atoms with E-state index in [4.69, 9.17) is 5.11 Å². The summed E-state index contributed by atoms with van der Waals surface area (Å²) in [6.45, 7) is 4.07. The van der Waals surface area contributed by atoms with Gasteiger partial charge in [0, 0.05) is 31.3 Å². The van der Waals surface area contributed by atoms with Crippen molar-refractivity contribution in [2.45, 2.75) is 13.8 Å². The maximum atomic E-state index is 11.6. The molecule has 0 aromatic carbocycles. The highest BCUT2D eigenvalue weighted by molar-refractivity contribution is 7.91. The predicted molar refractivity (Wildman–Crippen MR) is 69.6 cm³/mol. The second-order valence-corrected chi connectivity index (χ2v) is 7.23. The third-order valence-corrected chi connectivity index (χ3v) is 5.13. The highest BCUT2D eigenvalue weighted by Gasteiger charge is 2.37. The molecule has 0 aromatic rings. The first-order chi connectivity index (χ1) is 8.76. The summed E-state index contributed by atoms with van der Waals surface area (Å²) in [6.07, 6.45) is 0. The van der Waals surface area contributed by atoms with Gasteiger partial charge in [-0.3, -0.25) is 4.79 Å². The highest BCUT2D eigenvalue weighted by atomic mass is 32.2. The lowest BCUT2D eigenvalue weighted by atomic mass is 9.87. The minimum absolute atomic E-state index is 0.0253. The van der Waals surface area contributed by atoms with E-state index in [2.05, 4.69) is 5.32 Å². The molecule has 1 heterocycles. The standard InChI is InChI=1S/C11H20N2O5S/c1-3-19(17,18)5-4-12-11(16)13-6-9(7-13)8(2)10(14)15/h8-9H,3-7H2,1-2H3,(H,12,16)(H,14,15). The summed E-state index contributed by atoms with van der Waals surface area (Å²) in [5.74, 6) is -1.37. The van der Waals surface area contributed by atoms with E-state index in [0.717, 1.165) is 0 Å². The van der Waals surface area contributed by atoms with Crippen molar-refractivity contribution >= 4 is 21.8 Å². The number of nitrogens with zero attached hydrogens (tertiary/aromatic N) is 1. The van der Waals surface area contributed by atoms with Gasteiger partial charge < -0.3 is 15.3 Å². The molecule has 0 aromatic heterocycles. The third-order valence-electron chi connectivity index (χ3n) is 3.42. The highest BCUT2D eigenvalue weighted by Crippen LogP contribution is 2.23. The van der Waals surface area contributed by atoms with Crippen LogP contribution in [0.4, 0.5) is 4.79 Å². The van der Waals surface area contributed by atoms with Gasteiger partial charge in [0.2, 0.25) is 0 Å². The maximum absolute atomic E-state index is 11.6. The lowest BCUT2D eigenvalue weighted by Gasteiger charge is -2.41. The van der Waals surface area contributed by atoms with Crippen LogP contribution in [0.15, 0.2) is 0 Å². The molecule has 110 valence electrons. The zero-order valence-electron chi connectivity index (χ0n) is 11.1. The fourth-order valence-electron chi connectivity index (χ4n) is 1.77. The summed E-state index contributed by atoms with van der Waals surface area (Å²) in [4.78, 5) is 23.8. The van der Waals surface area contributed by atoms with Crippen LogP contribution in [0.25, 0.3) is 0 Å². The predicted octanol–water partition coefficient (Wildman–Crippen LogP) is -0.217. The van der Waals surface area contributed by atoms with Crippen molar-refractivity contribution in [1.82, 2.24) is 10.2 Å². The Hall–Kier alpha value is -1.31. The maximum Gasteiger partial charge on any atom is 0.317 e. The van der Waals surface area contributed by atoms with Crippen molar-refractivity contribution in [3.8, 4) is 0 Å². The number of carbonyl (C=O) groups is 2. The zero-order chi connectivity index (χ0) is 14.6. The Bertz CT molecular complexity index is 442. The molecule has 1 fully saturated rings. The molecule has 1 atom stereocenters. The monoisotopic (exact) mass is 292 g/mol. The number of hydrogen-bond donors (Lipinski definition) is 2. The van der Waals surface area contributed by atoms with Gasteiger partial charge >= 0.3 is 12.0 Å². The SMILES string of the molecule is CCS(=O)(=O)CCNC(=O)N1CC(C(C)C(=O)O)C1. The molecule has 0 aliphatic carbocycles. The first kappa shape index (κ1) is 15.7. The van der Waals surface area contributed by atoms with E-state index in [0.29, 0.717) is 13.1 Å². The molecule has 1 saturated heterocycles. The van der Waals surface area contributed by atoms with Gasteiger partial charge in [0.15, 0.2) is 9.84 Å². The molecule has 19 heavy (non-hydrogen) atoms. The number of sulfone groups is 1. The lowest BCUT2D eigenvalue weighted by molar-refractivity contribution is -0.144. The average molecular weight is 292 g/mol. The Kier molecular flexibility index (Phi) is 5.16. The van der Waals surface area contributed by atoms with E-state index in [9.17, 15) is 18.0 Å². The van der Waals surface area contributed by atoms with Crippen LogP contribution < -0.4 is 5.32 Å². The molecule has 0 spiro atoms. The second-order valence-electron chi connectivity index (χ2n) is 4.76. The minimum atomic E-state index is -3.08. The zero-order valence-corrected chi connectivity index (χ0v) is 11.9. The van der Waals surface area contributed by atoms with E-state index in [1.807, 2.05) is 0 Å². The van der Waals surface area contributed by atoms with Gasteiger partial charge in [0.25, 0.3) is 0 Å². The van der Waals surface area contributed by atoms with Crippen molar-refractivity contribution in [2.24, 2.45) is 11.8 Å². The number of carbonyl (C=O) groups excluding carboxylic acids is 1. The molecule has 1 rings (SSSR count). The van der Waals surface area contributed by atoms with E-state index >= 15 is 0 Å². The molecule has 0 bridgehead atoms. The Morgan fingerprint density at radius 3 is 2.47 bits per heavy atom. The van der Waals surface area contributed by atoms with Crippen LogP contribution >= 0.6 is 0 Å². The summed E-state index contributed by atoms with van der Waals surface area (Å²) < 4.78 is 22.4. The number of urea groups is 1. The van der Waals surface area contributed by atoms with E-state index in [-0.39, 0.29) is 30.0 Å². The molecule has 0 radical (unpaired) electrons. The molecule has 0 saturated carbocycles. The minimum Gasteiger partial charge on any atom is -0.481 e. The van der Waals surface area contributed by atoms with Crippen LogP contribution in [0.3, 0.4) is 0 Å². The van der Waals surface area contributed by atoms with E-state index in [1.54, 1.807) is 13.8 Å². The number of nitrogens with one attached hydrogen (secondary N) is 1. The van der Waals surface area contributed by atoms with Crippen LogP contribution in [-0.2, 0) is 14.6 Å². The average Bonchev–Trinajstić information content (AvgIpc) is 2.26. The molecule has 1 unspecified atom stereocenters. The topological polar surface area (TPSA) is 104 Å². The lowest BCUT2D eigenvalue weighted by Crippen LogP contribution is -2.56. The van der Waals surface area contributed by atoms with Gasteiger partial charge in [-0.25, -0.2) is 13.2 Å². The Morgan fingerprint density at radius 1 is 1.42 bits per heavy atom. The molecule has 7 nitrogen and oxygen atoms in total. The van der Waals surface area contributed by atoms with Crippen LogP contribution in [0.5, 0.6) is 0 Å². The van der Waals surface area contributed by atoms with Crippen LogP contribution in [-0.4, -0.2) is 61.6 Å². The molecule has 2 amide bonds. The Balaban J connectivity index is 2.26. The number of rotatable bonds is 6. The van der Waals surface area contributed by atoms with Gasteiger partial charge in [-0.2, -0.15) is 0 Å². The largest absolute Gasteiger partial charge is 0.481 e. The van der Waals surface area contributed by atoms with E-state index in [1.165, 1.54) is 4.90 Å². The number of amides is 2. The normalized spacial score (nSPS) is 17.7. The first-order valence-electron chi connectivity index (χ1n) is 6.23. The van der Waals surface area contributed by atoms with Gasteiger partial charge in [-0.1, -0.05) is 13.8 Å². The van der Waals surface area contributed by atoms with Gasteiger partial charge in [0.1, 0.15) is 0 Å². The Labute approximate surface area is 112 Å². The molecule has 1 aliphatic rings. The smallest absolute Gasteiger partial charge is 0.317 e. The van der Waals surface area contributed by atoms with Crippen molar-refractivity contribution in [1.29, 1.82) is 0 Å². The number of aliphatic carboxylic acids is 1. The molecular weight excluding hydrogens is 272 g/mol. The number of likely N-dealkylation sites (tertiary alicyclic amines) is 1. The number of hydrogen-bond acceptors (Lipinski definition) is 4. The summed E-state index contributed by atoms with van der Waals surface area (Å²) >= 11 is 0. The number of carboxylic acids is 1. The molecular formula is C11H20N2O5S. The summed E-state index contributed by atoms with van der Waals surface area (Å²) in [5, 5.41) is 11.3. The van der Waals surface area contributed by atoms with Crippen LogP contribution in [0.1, 0.15) is 13.8 Å². The van der Waals surface area contributed by atoms with Crippen molar-refractivity contribution in [3.05, 3.63) is 0 Å². The fraction of sp³-hybridized carbons (Fsp3) is 0.818. The molecule has 2 N–H and O–H groups in total. The van der Waals surface area contributed by atoms with Crippen LogP contribution in [0, 0.1) is 11.8 Å². The summed E-state index contributed by atoms with van der Waals surface area (Å²) in [7, 11) is -3.08. The third kappa shape index (κ3) is 4.38. The number of carboxylic acid groups (broad SMARTS) is 1. The van der Waals surface area contributed by atoms with Crippen molar-refractivity contribution in [3.63, 3.8) is 0 Å². The quantitative estimate of drug-likeness (QED) is 0.704. The van der Waals surface area contributed by atoms with Crippen molar-refractivity contribution < 1.29 is 23.1 Å².